The highest BCUT2D eigenvalue weighted by Crippen LogP contribution is 2.23. The van der Waals surface area contributed by atoms with Crippen molar-refractivity contribution in [3.63, 3.8) is 0 Å². The van der Waals surface area contributed by atoms with Crippen LogP contribution in [0.1, 0.15) is 15.9 Å². The van der Waals surface area contributed by atoms with E-state index in [9.17, 15) is 13.2 Å². The molecule has 21 heavy (non-hydrogen) atoms. The Morgan fingerprint density at radius 2 is 1.76 bits per heavy atom. The maximum absolute atomic E-state index is 12.3. The molecule has 0 aliphatic carbocycles. The number of carboxylic acids is 1. The molecule has 7 heteroatoms. The lowest BCUT2D eigenvalue weighted by molar-refractivity contribution is 0.0697. The molecule has 0 fully saturated rings. The first-order valence-electron chi connectivity index (χ1n) is 5.92. The number of rotatable bonds is 4. The van der Waals surface area contributed by atoms with E-state index < -0.39 is 16.0 Å². The summed E-state index contributed by atoms with van der Waals surface area (Å²) in [4.78, 5) is 10.9. The van der Waals surface area contributed by atoms with Gasteiger partial charge in [-0.3, -0.25) is 4.72 Å². The summed E-state index contributed by atoms with van der Waals surface area (Å²) >= 11 is 3.24. The normalized spacial score (nSPS) is 11.1. The third kappa shape index (κ3) is 3.62. The molecule has 0 spiro atoms. The minimum atomic E-state index is -3.73. The van der Waals surface area contributed by atoms with Crippen LogP contribution in [0.4, 0.5) is 5.69 Å². The SMILES string of the molecule is Cc1ccc(Br)cc1S(=O)(=O)Nc1ccc(C(=O)O)cc1. The van der Waals surface area contributed by atoms with E-state index in [2.05, 4.69) is 20.7 Å². The lowest BCUT2D eigenvalue weighted by Gasteiger charge is -2.11. The number of carboxylic acid groups (broad SMARTS) is 1. The van der Waals surface area contributed by atoms with Gasteiger partial charge in [-0.2, -0.15) is 0 Å². The average Bonchev–Trinajstić information content (AvgIpc) is 2.41. The van der Waals surface area contributed by atoms with Crippen molar-refractivity contribution < 1.29 is 18.3 Å². The first-order valence-corrected chi connectivity index (χ1v) is 8.19. The van der Waals surface area contributed by atoms with Crippen LogP contribution in [0.25, 0.3) is 0 Å². The second kappa shape index (κ2) is 5.87. The fraction of sp³-hybridized carbons (Fsp3) is 0.0714. The van der Waals surface area contributed by atoms with Crippen molar-refractivity contribution >= 4 is 37.6 Å². The highest BCUT2D eigenvalue weighted by Gasteiger charge is 2.17. The molecule has 0 aliphatic heterocycles. The predicted molar refractivity (Wildman–Crippen MR) is 83.1 cm³/mol. The summed E-state index contributed by atoms with van der Waals surface area (Å²) < 4.78 is 27.8. The predicted octanol–water partition coefficient (Wildman–Crippen LogP) is 3.26. The highest BCUT2D eigenvalue weighted by atomic mass is 79.9. The van der Waals surface area contributed by atoms with E-state index in [1.807, 2.05) is 0 Å². The number of carbonyl (C=O) groups is 1. The van der Waals surface area contributed by atoms with Crippen LogP contribution in [0.5, 0.6) is 0 Å². The molecule has 0 aliphatic rings. The minimum Gasteiger partial charge on any atom is -0.478 e. The zero-order chi connectivity index (χ0) is 15.6. The van der Waals surface area contributed by atoms with Crippen LogP contribution >= 0.6 is 15.9 Å². The third-order valence-corrected chi connectivity index (χ3v) is 4.84. The fourth-order valence-corrected chi connectivity index (χ4v) is 3.60. The number of hydrogen-bond donors (Lipinski definition) is 2. The Hall–Kier alpha value is -1.86. The molecule has 0 heterocycles. The molecule has 5 nitrogen and oxygen atoms in total. The van der Waals surface area contributed by atoms with Crippen molar-refractivity contribution in [3.8, 4) is 0 Å². The van der Waals surface area contributed by atoms with E-state index in [0.29, 0.717) is 15.7 Å². The summed E-state index contributed by atoms with van der Waals surface area (Å²) in [6.07, 6.45) is 0. The van der Waals surface area contributed by atoms with Gasteiger partial charge in [0.2, 0.25) is 0 Å². The number of halogens is 1. The zero-order valence-electron chi connectivity index (χ0n) is 11.0. The first kappa shape index (κ1) is 15.5. The van der Waals surface area contributed by atoms with Crippen LogP contribution in [-0.2, 0) is 10.0 Å². The number of aromatic carboxylic acids is 1. The van der Waals surface area contributed by atoms with Gasteiger partial charge in [0.05, 0.1) is 10.5 Å². The van der Waals surface area contributed by atoms with Crippen molar-refractivity contribution in [1.82, 2.24) is 0 Å². The maximum atomic E-state index is 12.3. The number of hydrogen-bond acceptors (Lipinski definition) is 3. The van der Waals surface area contributed by atoms with Gasteiger partial charge in [0.25, 0.3) is 10.0 Å². The van der Waals surface area contributed by atoms with Gasteiger partial charge in [0.15, 0.2) is 0 Å². The Morgan fingerprint density at radius 3 is 2.33 bits per heavy atom. The summed E-state index contributed by atoms with van der Waals surface area (Å²) in [6, 6.07) is 10.5. The van der Waals surface area contributed by atoms with E-state index in [4.69, 9.17) is 5.11 Å². The van der Waals surface area contributed by atoms with E-state index in [-0.39, 0.29) is 10.5 Å². The molecular weight excluding hydrogens is 358 g/mol. The molecule has 2 N–H and O–H groups in total. The standard InChI is InChI=1S/C14H12BrNO4S/c1-9-2-5-11(15)8-13(9)21(19,20)16-12-6-3-10(4-7-12)14(17)18/h2-8,16H,1H3,(H,17,18). The highest BCUT2D eigenvalue weighted by molar-refractivity contribution is 9.10. The van der Waals surface area contributed by atoms with Crippen molar-refractivity contribution in [2.45, 2.75) is 11.8 Å². The Labute approximate surface area is 130 Å². The van der Waals surface area contributed by atoms with Crippen molar-refractivity contribution in [1.29, 1.82) is 0 Å². The Morgan fingerprint density at radius 1 is 1.14 bits per heavy atom. The summed E-state index contributed by atoms with van der Waals surface area (Å²) in [5.74, 6) is -1.06. The van der Waals surface area contributed by atoms with Crippen molar-refractivity contribution in [2.75, 3.05) is 4.72 Å². The largest absolute Gasteiger partial charge is 0.478 e. The van der Waals surface area contributed by atoms with Crippen LogP contribution in [0.3, 0.4) is 0 Å². The second-order valence-corrected chi connectivity index (χ2v) is 6.96. The third-order valence-electron chi connectivity index (χ3n) is 2.82. The first-order chi connectivity index (χ1) is 9.79. The van der Waals surface area contributed by atoms with Crippen LogP contribution in [0.2, 0.25) is 0 Å². The van der Waals surface area contributed by atoms with E-state index in [1.165, 1.54) is 30.3 Å². The van der Waals surface area contributed by atoms with Gasteiger partial charge in [-0.25, -0.2) is 13.2 Å². The molecule has 0 radical (unpaired) electrons. The summed E-state index contributed by atoms with van der Waals surface area (Å²) in [5.41, 5.74) is 1.02. The number of sulfonamides is 1. The van der Waals surface area contributed by atoms with Crippen LogP contribution in [-0.4, -0.2) is 19.5 Å². The van der Waals surface area contributed by atoms with Crippen LogP contribution in [0.15, 0.2) is 51.8 Å². The van der Waals surface area contributed by atoms with Crippen LogP contribution in [0, 0.1) is 6.92 Å². The zero-order valence-corrected chi connectivity index (χ0v) is 13.4. The van der Waals surface area contributed by atoms with E-state index >= 15 is 0 Å². The summed E-state index contributed by atoms with van der Waals surface area (Å²) in [5, 5.41) is 8.81. The average molecular weight is 370 g/mol. The molecular formula is C14H12BrNO4S. The maximum Gasteiger partial charge on any atom is 0.335 e. The molecule has 2 aromatic carbocycles. The molecule has 2 rings (SSSR count). The fourth-order valence-electron chi connectivity index (χ4n) is 1.75. The van der Waals surface area contributed by atoms with Gasteiger partial charge in [-0.05, 0) is 48.9 Å². The molecule has 0 aromatic heterocycles. The monoisotopic (exact) mass is 369 g/mol. The van der Waals surface area contributed by atoms with E-state index in [1.54, 1.807) is 19.1 Å². The van der Waals surface area contributed by atoms with Gasteiger partial charge >= 0.3 is 5.97 Å². The molecule has 0 unspecified atom stereocenters. The van der Waals surface area contributed by atoms with Gasteiger partial charge in [-0.1, -0.05) is 22.0 Å². The van der Waals surface area contributed by atoms with Gasteiger partial charge < -0.3 is 5.11 Å². The van der Waals surface area contributed by atoms with Gasteiger partial charge in [-0.15, -0.1) is 0 Å². The molecule has 0 amide bonds. The second-order valence-electron chi connectivity index (χ2n) is 4.40. The molecule has 0 atom stereocenters. The summed E-state index contributed by atoms with van der Waals surface area (Å²) in [7, 11) is -3.73. The smallest absolute Gasteiger partial charge is 0.335 e. The Kier molecular flexibility index (Phi) is 4.34. The Balaban J connectivity index is 2.33. The quantitative estimate of drug-likeness (QED) is 0.866. The molecule has 0 saturated heterocycles. The Bertz CT molecular complexity index is 785. The number of benzene rings is 2. The number of anilines is 1. The topological polar surface area (TPSA) is 83.5 Å². The molecule has 0 bridgehead atoms. The minimum absolute atomic E-state index is 0.0941. The number of aryl methyl sites for hydroxylation is 1. The van der Waals surface area contributed by atoms with Crippen molar-refractivity contribution in [3.05, 3.63) is 58.1 Å². The lowest BCUT2D eigenvalue weighted by atomic mass is 10.2. The van der Waals surface area contributed by atoms with Crippen molar-refractivity contribution in [2.24, 2.45) is 0 Å². The van der Waals surface area contributed by atoms with Gasteiger partial charge in [0, 0.05) is 10.2 Å². The molecule has 2 aromatic rings. The molecule has 0 saturated carbocycles. The molecule has 110 valence electrons. The van der Waals surface area contributed by atoms with E-state index in [0.717, 1.165) is 0 Å². The number of nitrogens with one attached hydrogen (secondary N) is 1. The summed E-state index contributed by atoms with van der Waals surface area (Å²) in [6.45, 7) is 1.70. The van der Waals surface area contributed by atoms with Gasteiger partial charge in [0.1, 0.15) is 0 Å². The van der Waals surface area contributed by atoms with Crippen LogP contribution < -0.4 is 4.72 Å². The lowest BCUT2D eigenvalue weighted by Crippen LogP contribution is -2.14.